The largest absolute Gasteiger partial charge is 0.317 e. The topological polar surface area (TPSA) is 46.2 Å². The van der Waals surface area contributed by atoms with Crippen LogP contribution in [0.3, 0.4) is 0 Å². The molecule has 0 aliphatic heterocycles. The van der Waals surface area contributed by atoms with Gasteiger partial charge in [0.2, 0.25) is 0 Å². The molecule has 15 heavy (non-hydrogen) atoms. The number of rotatable bonds is 2. The highest BCUT2D eigenvalue weighted by Crippen LogP contribution is 2.36. The first-order chi connectivity index (χ1) is 6.71. The molecule has 1 saturated carbocycles. The molecule has 1 aliphatic rings. The van der Waals surface area contributed by atoms with Gasteiger partial charge in [-0.3, -0.25) is 0 Å². The average Bonchev–Trinajstić information content (AvgIpc) is 2.44. The maximum absolute atomic E-state index is 12.3. The molecule has 0 amide bonds. The molecular formula is C11H23NO2S. The third kappa shape index (κ3) is 2.21. The predicted octanol–water partition coefficient (Wildman–Crippen LogP) is 1.59. The fourth-order valence-electron chi connectivity index (χ4n) is 2.43. The Kier molecular flexibility index (Phi) is 3.51. The molecule has 3 unspecified atom stereocenters. The van der Waals surface area contributed by atoms with E-state index in [2.05, 4.69) is 5.32 Å². The Morgan fingerprint density at radius 2 is 1.73 bits per heavy atom. The van der Waals surface area contributed by atoms with Crippen LogP contribution in [0.2, 0.25) is 0 Å². The molecule has 0 heterocycles. The van der Waals surface area contributed by atoms with Crippen molar-refractivity contribution < 1.29 is 8.42 Å². The van der Waals surface area contributed by atoms with Crippen molar-refractivity contribution in [1.29, 1.82) is 0 Å². The van der Waals surface area contributed by atoms with E-state index in [0.29, 0.717) is 6.04 Å². The minimum Gasteiger partial charge on any atom is -0.317 e. The summed E-state index contributed by atoms with van der Waals surface area (Å²) in [6, 6.07) is 0.354. The number of nitrogens with one attached hydrogen (secondary N) is 1. The second kappa shape index (κ2) is 4.06. The van der Waals surface area contributed by atoms with E-state index in [1.165, 1.54) is 0 Å². The Morgan fingerprint density at radius 1 is 1.20 bits per heavy atom. The fraction of sp³-hybridized carbons (Fsp3) is 1.00. The zero-order valence-corrected chi connectivity index (χ0v) is 11.2. The normalized spacial score (nSPS) is 33.3. The highest BCUT2D eigenvalue weighted by Gasteiger charge is 2.45. The molecule has 90 valence electrons. The third-order valence-corrected chi connectivity index (χ3v) is 6.78. The van der Waals surface area contributed by atoms with Crippen LogP contribution in [0.4, 0.5) is 0 Å². The van der Waals surface area contributed by atoms with Gasteiger partial charge in [0.1, 0.15) is 0 Å². The monoisotopic (exact) mass is 233 g/mol. The summed E-state index contributed by atoms with van der Waals surface area (Å²) in [4.78, 5) is 0. The van der Waals surface area contributed by atoms with Gasteiger partial charge in [-0.1, -0.05) is 6.92 Å². The Bertz CT molecular complexity index is 316. The van der Waals surface area contributed by atoms with E-state index < -0.39 is 14.6 Å². The van der Waals surface area contributed by atoms with Crippen LogP contribution in [0.5, 0.6) is 0 Å². The molecule has 1 rings (SSSR count). The first kappa shape index (κ1) is 13.0. The fourth-order valence-corrected chi connectivity index (χ4v) is 4.54. The summed E-state index contributed by atoms with van der Waals surface area (Å²) in [5.41, 5.74) is 0. The van der Waals surface area contributed by atoms with Gasteiger partial charge in [-0.15, -0.1) is 0 Å². The lowest BCUT2D eigenvalue weighted by molar-refractivity contribution is 0.447. The molecular weight excluding hydrogens is 210 g/mol. The maximum atomic E-state index is 12.3. The van der Waals surface area contributed by atoms with Crippen LogP contribution < -0.4 is 5.32 Å². The molecule has 0 saturated heterocycles. The van der Waals surface area contributed by atoms with Crippen LogP contribution >= 0.6 is 0 Å². The van der Waals surface area contributed by atoms with Crippen molar-refractivity contribution in [2.75, 3.05) is 7.05 Å². The van der Waals surface area contributed by atoms with Crippen LogP contribution in [0.25, 0.3) is 0 Å². The van der Waals surface area contributed by atoms with Crippen LogP contribution in [-0.2, 0) is 9.84 Å². The molecule has 4 heteroatoms. The van der Waals surface area contributed by atoms with E-state index in [0.717, 1.165) is 12.8 Å². The van der Waals surface area contributed by atoms with Gasteiger partial charge in [0.05, 0.1) is 10.00 Å². The van der Waals surface area contributed by atoms with E-state index in [-0.39, 0.29) is 11.2 Å². The summed E-state index contributed by atoms with van der Waals surface area (Å²) in [6.45, 7) is 7.42. The maximum Gasteiger partial charge on any atom is 0.158 e. The Morgan fingerprint density at radius 3 is 2.07 bits per heavy atom. The third-order valence-electron chi connectivity index (χ3n) is 3.61. The first-order valence-corrected chi connectivity index (χ1v) is 7.17. The second-order valence-electron chi connectivity index (χ2n) is 5.53. The van der Waals surface area contributed by atoms with Gasteiger partial charge in [0.25, 0.3) is 0 Å². The van der Waals surface area contributed by atoms with Crippen molar-refractivity contribution in [1.82, 2.24) is 5.32 Å². The number of hydrogen-bond acceptors (Lipinski definition) is 3. The molecule has 0 bridgehead atoms. The number of sulfone groups is 1. The van der Waals surface area contributed by atoms with Crippen molar-refractivity contribution in [2.45, 2.75) is 56.6 Å². The zero-order chi connectivity index (χ0) is 11.9. The Balaban J connectivity index is 2.93. The summed E-state index contributed by atoms with van der Waals surface area (Å²) in [5.74, 6) is 0.222. The van der Waals surface area contributed by atoms with Crippen molar-refractivity contribution in [3.05, 3.63) is 0 Å². The van der Waals surface area contributed by atoms with E-state index in [1.54, 1.807) is 20.8 Å². The Labute approximate surface area is 93.6 Å². The lowest BCUT2D eigenvalue weighted by Gasteiger charge is -2.28. The average molecular weight is 233 g/mol. The molecule has 0 aromatic carbocycles. The predicted molar refractivity (Wildman–Crippen MR) is 63.7 cm³/mol. The second-order valence-corrected chi connectivity index (χ2v) is 8.45. The molecule has 3 nitrogen and oxygen atoms in total. The first-order valence-electron chi connectivity index (χ1n) is 5.62. The molecule has 0 radical (unpaired) electrons. The molecule has 1 fully saturated rings. The quantitative estimate of drug-likeness (QED) is 0.788. The van der Waals surface area contributed by atoms with Crippen molar-refractivity contribution in [3.8, 4) is 0 Å². The van der Waals surface area contributed by atoms with Crippen LogP contribution in [0.15, 0.2) is 0 Å². The lowest BCUT2D eigenvalue weighted by atomic mass is 10.1. The summed E-state index contributed by atoms with van der Waals surface area (Å²) in [6.07, 6.45) is 1.77. The minimum absolute atomic E-state index is 0.171. The highest BCUT2D eigenvalue weighted by molar-refractivity contribution is 7.93. The van der Waals surface area contributed by atoms with Crippen molar-refractivity contribution in [3.63, 3.8) is 0 Å². The molecule has 3 atom stereocenters. The van der Waals surface area contributed by atoms with Gasteiger partial charge in [-0.05, 0) is 46.6 Å². The Hall–Kier alpha value is -0.0900. The van der Waals surface area contributed by atoms with E-state index in [1.807, 2.05) is 14.0 Å². The van der Waals surface area contributed by atoms with Gasteiger partial charge < -0.3 is 5.32 Å². The van der Waals surface area contributed by atoms with Gasteiger partial charge in [0, 0.05) is 6.04 Å². The molecule has 1 aliphatic carbocycles. The molecule has 0 spiro atoms. The molecule has 0 aromatic heterocycles. The summed E-state index contributed by atoms with van der Waals surface area (Å²) >= 11 is 0. The standard InChI is InChI=1S/C11H23NO2S/c1-8-9(12-5)6-7-10(8)15(13,14)11(2,3)4/h8-10,12H,6-7H2,1-5H3. The number of hydrogen-bond donors (Lipinski definition) is 1. The SMILES string of the molecule is CNC1CCC(S(=O)(=O)C(C)(C)C)C1C. The van der Waals surface area contributed by atoms with E-state index in [9.17, 15) is 8.42 Å². The smallest absolute Gasteiger partial charge is 0.158 e. The summed E-state index contributed by atoms with van der Waals surface area (Å²) in [7, 11) is -1.10. The van der Waals surface area contributed by atoms with Crippen LogP contribution in [0.1, 0.15) is 40.5 Å². The van der Waals surface area contributed by atoms with Crippen molar-refractivity contribution in [2.24, 2.45) is 5.92 Å². The lowest BCUT2D eigenvalue weighted by Crippen LogP contribution is -2.41. The zero-order valence-electron chi connectivity index (χ0n) is 10.4. The minimum atomic E-state index is -3.01. The molecule has 1 N–H and O–H groups in total. The van der Waals surface area contributed by atoms with Gasteiger partial charge >= 0.3 is 0 Å². The summed E-state index contributed by atoms with van der Waals surface area (Å²) < 4.78 is 24.0. The van der Waals surface area contributed by atoms with E-state index in [4.69, 9.17) is 0 Å². The van der Waals surface area contributed by atoms with Crippen LogP contribution in [-0.4, -0.2) is 31.5 Å². The molecule has 0 aromatic rings. The van der Waals surface area contributed by atoms with Gasteiger partial charge in [0.15, 0.2) is 9.84 Å². The van der Waals surface area contributed by atoms with Gasteiger partial charge in [-0.25, -0.2) is 8.42 Å². The van der Waals surface area contributed by atoms with Crippen molar-refractivity contribution >= 4 is 9.84 Å². The van der Waals surface area contributed by atoms with E-state index >= 15 is 0 Å². The summed E-state index contributed by atoms with van der Waals surface area (Å²) in [5, 5.41) is 3.03. The van der Waals surface area contributed by atoms with Gasteiger partial charge in [-0.2, -0.15) is 0 Å². The highest BCUT2D eigenvalue weighted by atomic mass is 32.2. The van der Waals surface area contributed by atoms with Crippen LogP contribution in [0, 0.1) is 5.92 Å².